The molecule has 0 saturated heterocycles. The third-order valence-electron chi connectivity index (χ3n) is 3.05. The molecule has 0 spiro atoms. The summed E-state index contributed by atoms with van der Waals surface area (Å²) in [6.07, 6.45) is 5.66. The van der Waals surface area contributed by atoms with Gasteiger partial charge in [-0.3, -0.25) is 0 Å². The zero-order valence-corrected chi connectivity index (χ0v) is 11.5. The Balaban J connectivity index is 2.34. The van der Waals surface area contributed by atoms with Crippen LogP contribution in [0.4, 0.5) is 4.79 Å². The zero-order chi connectivity index (χ0) is 14.5. The SMILES string of the molecule is CCOC(=O)C1=C(Cn2ccnc2)NC(=O)N[C@@H]1CC. The van der Waals surface area contributed by atoms with Gasteiger partial charge in [-0.2, -0.15) is 0 Å². The van der Waals surface area contributed by atoms with Crippen molar-refractivity contribution in [1.29, 1.82) is 0 Å². The van der Waals surface area contributed by atoms with Crippen molar-refractivity contribution in [3.8, 4) is 0 Å². The summed E-state index contributed by atoms with van der Waals surface area (Å²) in [5, 5.41) is 5.42. The van der Waals surface area contributed by atoms with E-state index in [9.17, 15) is 9.59 Å². The average molecular weight is 278 g/mol. The van der Waals surface area contributed by atoms with E-state index in [0.717, 1.165) is 0 Å². The number of rotatable bonds is 5. The highest BCUT2D eigenvalue weighted by molar-refractivity contribution is 5.94. The van der Waals surface area contributed by atoms with Crippen molar-refractivity contribution in [2.24, 2.45) is 0 Å². The second-order valence-electron chi connectivity index (χ2n) is 4.41. The summed E-state index contributed by atoms with van der Waals surface area (Å²) in [4.78, 5) is 27.7. The normalized spacial score (nSPS) is 18.5. The van der Waals surface area contributed by atoms with Gasteiger partial charge < -0.3 is 19.9 Å². The summed E-state index contributed by atoms with van der Waals surface area (Å²) < 4.78 is 6.87. The largest absolute Gasteiger partial charge is 0.463 e. The van der Waals surface area contributed by atoms with Crippen molar-refractivity contribution in [3.05, 3.63) is 30.0 Å². The number of allylic oxidation sites excluding steroid dienone is 1. The third kappa shape index (κ3) is 2.98. The molecule has 0 bridgehead atoms. The molecule has 0 saturated carbocycles. The number of urea groups is 1. The molecule has 1 aromatic heterocycles. The second kappa shape index (κ2) is 6.23. The molecule has 20 heavy (non-hydrogen) atoms. The first-order valence-corrected chi connectivity index (χ1v) is 6.59. The Morgan fingerprint density at radius 3 is 2.90 bits per heavy atom. The minimum Gasteiger partial charge on any atom is -0.463 e. The van der Waals surface area contributed by atoms with Crippen molar-refractivity contribution in [2.45, 2.75) is 32.9 Å². The Hall–Kier alpha value is -2.31. The molecular weight excluding hydrogens is 260 g/mol. The fraction of sp³-hybridized carbons (Fsp3) is 0.462. The van der Waals surface area contributed by atoms with Gasteiger partial charge in [-0.25, -0.2) is 14.6 Å². The first-order valence-electron chi connectivity index (χ1n) is 6.59. The van der Waals surface area contributed by atoms with E-state index in [1.807, 2.05) is 6.92 Å². The topological polar surface area (TPSA) is 85.2 Å². The van der Waals surface area contributed by atoms with Gasteiger partial charge >= 0.3 is 12.0 Å². The Morgan fingerprint density at radius 2 is 2.30 bits per heavy atom. The Bertz CT molecular complexity index is 522. The lowest BCUT2D eigenvalue weighted by atomic mass is 10.00. The van der Waals surface area contributed by atoms with E-state index < -0.39 is 5.97 Å². The smallest absolute Gasteiger partial charge is 0.337 e. The number of imidazole rings is 1. The fourth-order valence-corrected chi connectivity index (χ4v) is 2.15. The number of esters is 1. The van der Waals surface area contributed by atoms with Crippen LogP contribution in [0.1, 0.15) is 20.3 Å². The number of aromatic nitrogens is 2. The van der Waals surface area contributed by atoms with E-state index in [1.165, 1.54) is 0 Å². The molecule has 108 valence electrons. The maximum atomic E-state index is 12.1. The van der Waals surface area contributed by atoms with Crippen LogP contribution < -0.4 is 10.6 Å². The monoisotopic (exact) mass is 278 g/mol. The van der Waals surface area contributed by atoms with Gasteiger partial charge in [-0.1, -0.05) is 6.92 Å². The second-order valence-corrected chi connectivity index (χ2v) is 4.41. The van der Waals surface area contributed by atoms with Crippen molar-refractivity contribution >= 4 is 12.0 Å². The fourth-order valence-electron chi connectivity index (χ4n) is 2.15. The standard InChI is InChI=1S/C13H18N4O3/c1-3-9-11(12(18)20-4-2)10(16-13(19)15-9)7-17-6-5-14-8-17/h5-6,8-9H,3-4,7H2,1-2H3,(H2,15,16,19)/t9-/m1/s1. The number of nitrogens with zero attached hydrogens (tertiary/aromatic N) is 2. The summed E-state index contributed by atoms with van der Waals surface area (Å²) >= 11 is 0. The molecule has 0 unspecified atom stereocenters. The van der Waals surface area contributed by atoms with Crippen LogP contribution in [0.2, 0.25) is 0 Å². The number of carbonyl (C=O) groups excluding carboxylic acids is 2. The molecule has 0 fully saturated rings. The van der Waals surface area contributed by atoms with E-state index in [1.54, 1.807) is 30.2 Å². The van der Waals surface area contributed by atoms with Gasteiger partial charge in [-0.15, -0.1) is 0 Å². The molecule has 0 radical (unpaired) electrons. The van der Waals surface area contributed by atoms with Crippen LogP contribution in [0, 0.1) is 0 Å². The van der Waals surface area contributed by atoms with E-state index in [0.29, 0.717) is 30.8 Å². The summed E-state index contributed by atoms with van der Waals surface area (Å²) in [7, 11) is 0. The van der Waals surface area contributed by atoms with Crippen LogP contribution in [0.3, 0.4) is 0 Å². The van der Waals surface area contributed by atoms with Gasteiger partial charge in [0.1, 0.15) is 0 Å². The van der Waals surface area contributed by atoms with Gasteiger partial charge in [0, 0.05) is 12.4 Å². The van der Waals surface area contributed by atoms with Crippen LogP contribution in [-0.2, 0) is 16.1 Å². The number of nitrogens with one attached hydrogen (secondary N) is 2. The van der Waals surface area contributed by atoms with Crippen LogP contribution in [0.15, 0.2) is 30.0 Å². The molecule has 1 aliphatic rings. The van der Waals surface area contributed by atoms with Crippen LogP contribution in [-0.4, -0.2) is 34.2 Å². The van der Waals surface area contributed by atoms with Crippen LogP contribution in [0.5, 0.6) is 0 Å². The van der Waals surface area contributed by atoms with Crippen molar-refractivity contribution < 1.29 is 14.3 Å². The van der Waals surface area contributed by atoms with Gasteiger partial charge in [0.15, 0.2) is 0 Å². The average Bonchev–Trinajstić information content (AvgIpc) is 2.91. The minimum absolute atomic E-state index is 0.297. The summed E-state index contributed by atoms with van der Waals surface area (Å²) in [6.45, 7) is 4.33. The highest BCUT2D eigenvalue weighted by atomic mass is 16.5. The summed E-state index contributed by atoms with van der Waals surface area (Å²) in [5.74, 6) is -0.401. The minimum atomic E-state index is -0.401. The Morgan fingerprint density at radius 1 is 1.50 bits per heavy atom. The molecule has 1 atom stereocenters. The molecule has 2 amide bonds. The van der Waals surface area contributed by atoms with Crippen molar-refractivity contribution in [1.82, 2.24) is 20.2 Å². The number of amides is 2. The Labute approximate surface area is 117 Å². The van der Waals surface area contributed by atoms with Crippen LogP contribution >= 0.6 is 0 Å². The molecule has 7 nitrogen and oxygen atoms in total. The molecule has 2 heterocycles. The maximum absolute atomic E-state index is 12.1. The molecule has 7 heteroatoms. The van der Waals surface area contributed by atoms with Gasteiger partial charge in [0.05, 0.1) is 36.8 Å². The predicted octanol–water partition coefficient (Wildman–Crippen LogP) is 0.792. The van der Waals surface area contributed by atoms with E-state index >= 15 is 0 Å². The first-order chi connectivity index (χ1) is 9.65. The third-order valence-corrected chi connectivity index (χ3v) is 3.05. The summed E-state index contributed by atoms with van der Waals surface area (Å²) in [6, 6.07) is -0.638. The number of ether oxygens (including phenoxy) is 1. The van der Waals surface area contributed by atoms with E-state index in [-0.39, 0.29) is 12.1 Å². The zero-order valence-electron chi connectivity index (χ0n) is 11.5. The lowest BCUT2D eigenvalue weighted by Crippen LogP contribution is -2.50. The number of hydrogen-bond donors (Lipinski definition) is 2. The number of hydrogen-bond acceptors (Lipinski definition) is 4. The Kier molecular flexibility index (Phi) is 4.39. The molecule has 1 aliphatic heterocycles. The molecule has 0 aliphatic carbocycles. The predicted molar refractivity (Wildman–Crippen MR) is 71.6 cm³/mol. The lowest BCUT2D eigenvalue weighted by Gasteiger charge is -2.28. The maximum Gasteiger partial charge on any atom is 0.337 e. The molecule has 1 aromatic rings. The molecule has 0 aromatic carbocycles. The highest BCUT2D eigenvalue weighted by Crippen LogP contribution is 2.18. The quantitative estimate of drug-likeness (QED) is 0.780. The highest BCUT2D eigenvalue weighted by Gasteiger charge is 2.31. The number of carbonyl (C=O) groups is 2. The van der Waals surface area contributed by atoms with Crippen molar-refractivity contribution in [2.75, 3.05) is 6.61 Å². The molecule has 2 N–H and O–H groups in total. The van der Waals surface area contributed by atoms with Crippen LogP contribution in [0.25, 0.3) is 0 Å². The van der Waals surface area contributed by atoms with E-state index in [4.69, 9.17) is 4.74 Å². The van der Waals surface area contributed by atoms with Crippen molar-refractivity contribution in [3.63, 3.8) is 0 Å². The molecule has 2 rings (SSSR count). The first kappa shape index (κ1) is 14.1. The lowest BCUT2D eigenvalue weighted by molar-refractivity contribution is -0.139. The van der Waals surface area contributed by atoms with Gasteiger partial charge in [0.25, 0.3) is 0 Å². The molecular formula is C13H18N4O3. The van der Waals surface area contributed by atoms with Gasteiger partial charge in [-0.05, 0) is 13.3 Å². The van der Waals surface area contributed by atoms with E-state index in [2.05, 4.69) is 15.6 Å². The summed E-state index contributed by atoms with van der Waals surface area (Å²) in [5.41, 5.74) is 1.03. The van der Waals surface area contributed by atoms with Gasteiger partial charge in [0.2, 0.25) is 0 Å².